The molecule has 4 aromatic rings. The summed E-state index contributed by atoms with van der Waals surface area (Å²) in [6.07, 6.45) is 0. The number of aryl methyl sites for hydroxylation is 1. The highest BCUT2D eigenvalue weighted by molar-refractivity contribution is 5.88. The van der Waals surface area contributed by atoms with Crippen molar-refractivity contribution < 1.29 is 4.52 Å². The number of nitrogen functional groups attached to an aromatic ring is 1. The van der Waals surface area contributed by atoms with Crippen molar-refractivity contribution in [2.24, 2.45) is 10.2 Å². The number of azo groups is 1. The van der Waals surface area contributed by atoms with E-state index in [0.717, 1.165) is 16.8 Å². The zero-order valence-corrected chi connectivity index (χ0v) is 14.0. The number of rotatable bonds is 4. The summed E-state index contributed by atoms with van der Waals surface area (Å²) in [5.74, 6) is 0.906. The zero-order chi connectivity index (χ0) is 17.9. The molecule has 0 amide bonds. The van der Waals surface area contributed by atoms with Gasteiger partial charge < -0.3 is 10.3 Å². The highest BCUT2D eigenvalue weighted by atomic mass is 16.5. The monoisotopic (exact) mass is 344 g/mol. The minimum atomic E-state index is 0.263. The Morgan fingerprint density at radius 1 is 0.962 bits per heavy atom. The van der Waals surface area contributed by atoms with Crippen molar-refractivity contribution >= 4 is 17.2 Å². The maximum Gasteiger partial charge on any atom is 0.173 e. The van der Waals surface area contributed by atoms with Crippen LogP contribution in [0, 0.1) is 6.92 Å². The van der Waals surface area contributed by atoms with Crippen LogP contribution in [0.15, 0.2) is 75.4 Å². The summed E-state index contributed by atoms with van der Waals surface area (Å²) >= 11 is 0. The molecule has 7 nitrogen and oxygen atoms in total. The van der Waals surface area contributed by atoms with E-state index < -0.39 is 0 Å². The first kappa shape index (κ1) is 15.8. The Balaban J connectivity index is 1.81. The number of H-pyrrole nitrogens is 1. The molecule has 2 heterocycles. The number of nitrogens with zero attached hydrogens (tertiary/aromatic N) is 4. The average molecular weight is 344 g/mol. The van der Waals surface area contributed by atoms with Crippen molar-refractivity contribution in [2.45, 2.75) is 6.92 Å². The highest BCUT2D eigenvalue weighted by Gasteiger charge is 2.23. The first-order chi connectivity index (χ1) is 12.7. The van der Waals surface area contributed by atoms with Crippen molar-refractivity contribution in [2.75, 3.05) is 5.73 Å². The topological polar surface area (TPSA) is 105 Å². The molecule has 2 aromatic carbocycles. The normalized spacial score (nSPS) is 11.3. The highest BCUT2D eigenvalue weighted by Crippen LogP contribution is 2.40. The first-order valence-electron chi connectivity index (χ1n) is 8.06. The van der Waals surface area contributed by atoms with Crippen LogP contribution < -0.4 is 5.73 Å². The molecular weight excluding hydrogens is 328 g/mol. The van der Waals surface area contributed by atoms with Gasteiger partial charge in [0.05, 0.1) is 11.3 Å². The van der Waals surface area contributed by atoms with E-state index in [1.54, 1.807) is 0 Å². The Morgan fingerprint density at radius 2 is 1.65 bits per heavy atom. The van der Waals surface area contributed by atoms with E-state index in [1.165, 1.54) is 0 Å². The lowest BCUT2D eigenvalue weighted by molar-refractivity contribution is 0.400. The van der Waals surface area contributed by atoms with E-state index in [9.17, 15) is 0 Å². The summed E-state index contributed by atoms with van der Waals surface area (Å²) in [7, 11) is 0. The van der Waals surface area contributed by atoms with Crippen LogP contribution in [0.4, 0.5) is 17.2 Å². The van der Waals surface area contributed by atoms with Crippen molar-refractivity contribution in [3.05, 3.63) is 66.4 Å². The van der Waals surface area contributed by atoms with Gasteiger partial charge in [0.15, 0.2) is 11.5 Å². The fourth-order valence-electron chi connectivity index (χ4n) is 2.69. The van der Waals surface area contributed by atoms with E-state index >= 15 is 0 Å². The van der Waals surface area contributed by atoms with Gasteiger partial charge in [-0.25, -0.2) is 0 Å². The van der Waals surface area contributed by atoms with Gasteiger partial charge in [0, 0.05) is 5.56 Å². The van der Waals surface area contributed by atoms with Gasteiger partial charge in [-0.3, -0.25) is 5.10 Å². The van der Waals surface area contributed by atoms with E-state index in [-0.39, 0.29) is 5.82 Å². The molecule has 0 radical (unpaired) electrons. The second-order valence-electron chi connectivity index (χ2n) is 5.70. The van der Waals surface area contributed by atoms with Crippen molar-refractivity contribution in [1.82, 2.24) is 15.4 Å². The van der Waals surface area contributed by atoms with Crippen LogP contribution in [0.5, 0.6) is 0 Å². The summed E-state index contributed by atoms with van der Waals surface area (Å²) in [6.45, 7) is 1.84. The van der Waals surface area contributed by atoms with Crippen molar-refractivity contribution in [3.63, 3.8) is 0 Å². The summed E-state index contributed by atoms with van der Waals surface area (Å²) in [4.78, 5) is 0. The molecule has 4 rings (SSSR count). The Morgan fingerprint density at radius 3 is 2.38 bits per heavy atom. The fourth-order valence-corrected chi connectivity index (χ4v) is 2.69. The second kappa shape index (κ2) is 6.64. The van der Waals surface area contributed by atoms with E-state index in [1.807, 2.05) is 67.6 Å². The molecule has 0 aliphatic heterocycles. The maximum atomic E-state index is 6.00. The average Bonchev–Trinajstić information content (AvgIpc) is 3.24. The molecule has 0 fully saturated rings. The smallest absolute Gasteiger partial charge is 0.173 e. The Kier molecular flexibility index (Phi) is 4.03. The molecule has 0 aliphatic carbocycles. The molecule has 0 bridgehead atoms. The number of benzene rings is 2. The van der Waals surface area contributed by atoms with Gasteiger partial charge in [0.2, 0.25) is 0 Å². The van der Waals surface area contributed by atoms with Crippen LogP contribution in [0.3, 0.4) is 0 Å². The third kappa shape index (κ3) is 2.86. The molecule has 0 saturated heterocycles. The number of nitrogens with one attached hydrogen (secondary N) is 1. The Labute approximate surface area is 149 Å². The summed E-state index contributed by atoms with van der Waals surface area (Å²) in [6, 6.07) is 19.2. The minimum Gasteiger partial charge on any atom is -0.380 e. The molecule has 0 saturated carbocycles. The van der Waals surface area contributed by atoms with Gasteiger partial charge >= 0.3 is 0 Å². The van der Waals surface area contributed by atoms with E-state index in [0.29, 0.717) is 22.8 Å². The number of aromatic nitrogens is 3. The standard InChI is InChI=1S/C19H16N6O/c1-12-15(16(25-26-12)13-8-4-2-5-9-13)17-18(19(20)24-22-17)23-21-14-10-6-3-7-11-14/h2-11H,1H3,(H3,20,22,24). The van der Waals surface area contributed by atoms with Crippen LogP contribution in [-0.4, -0.2) is 15.4 Å². The van der Waals surface area contributed by atoms with Crippen molar-refractivity contribution in [1.29, 1.82) is 0 Å². The molecule has 26 heavy (non-hydrogen) atoms. The lowest BCUT2D eigenvalue weighted by Gasteiger charge is -2.02. The number of nitrogens with two attached hydrogens (primary N) is 1. The third-order valence-corrected chi connectivity index (χ3v) is 3.95. The lowest BCUT2D eigenvalue weighted by Crippen LogP contribution is -1.85. The molecule has 2 aromatic heterocycles. The molecule has 0 spiro atoms. The van der Waals surface area contributed by atoms with Crippen LogP contribution in [0.2, 0.25) is 0 Å². The second-order valence-corrected chi connectivity index (χ2v) is 5.70. The molecule has 0 unspecified atom stereocenters. The number of aromatic amines is 1. The van der Waals surface area contributed by atoms with Crippen LogP contribution >= 0.6 is 0 Å². The molecule has 128 valence electrons. The predicted octanol–water partition coefficient (Wildman–Crippen LogP) is 5.04. The molecule has 0 atom stereocenters. The van der Waals surface area contributed by atoms with Crippen LogP contribution in [0.25, 0.3) is 22.5 Å². The molecule has 7 heteroatoms. The molecular formula is C19H16N6O. The zero-order valence-electron chi connectivity index (χ0n) is 14.0. The number of hydrogen-bond donors (Lipinski definition) is 2. The number of anilines is 1. The van der Waals surface area contributed by atoms with Crippen LogP contribution in [0.1, 0.15) is 5.76 Å². The summed E-state index contributed by atoms with van der Waals surface area (Å²) in [5.41, 5.74) is 10.2. The summed E-state index contributed by atoms with van der Waals surface area (Å²) in [5, 5.41) is 19.8. The predicted molar refractivity (Wildman–Crippen MR) is 99.3 cm³/mol. The first-order valence-corrected chi connectivity index (χ1v) is 8.06. The van der Waals surface area contributed by atoms with Gasteiger partial charge in [-0.15, -0.1) is 5.11 Å². The Bertz CT molecular complexity index is 1050. The van der Waals surface area contributed by atoms with Gasteiger partial charge in [-0.1, -0.05) is 53.7 Å². The van der Waals surface area contributed by atoms with Gasteiger partial charge in [-0.05, 0) is 19.1 Å². The van der Waals surface area contributed by atoms with E-state index in [2.05, 4.69) is 25.6 Å². The summed E-state index contributed by atoms with van der Waals surface area (Å²) < 4.78 is 5.42. The quantitative estimate of drug-likeness (QED) is 0.506. The van der Waals surface area contributed by atoms with Gasteiger partial charge in [0.25, 0.3) is 0 Å². The van der Waals surface area contributed by atoms with Crippen LogP contribution in [-0.2, 0) is 0 Å². The largest absolute Gasteiger partial charge is 0.380 e. The fraction of sp³-hybridized carbons (Fsp3) is 0.0526. The molecule has 0 aliphatic rings. The third-order valence-electron chi connectivity index (χ3n) is 3.95. The maximum absolute atomic E-state index is 6.00. The SMILES string of the molecule is Cc1onc(-c2ccccc2)c1-c1[nH]nc(N)c1N=Nc1ccccc1. The van der Waals surface area contributed by atoms with Crippen molar-refractivity contribution in [3.8, 4) is 22.5 Å². The number of hydrogen-bond acceptors (Lipinski definition) is 6. The Hall–Kier alpha value is -3.74. The molecule has 3 N–H and O–H groups in total. The van der Waals surface area contributed by atoms with E-state index in [4.69, 9.17) is 10.3 Å². The van der Waals surface area contributed by atoms with Gasteiger partial charge in [0.1, 0.15) is 17.1 Å². The minimum absolute atomic E-state index is 0.263. The lowest BCUT2D eigenvalue weighted by atomic mass is 10.0. The van der Waals surface area contributed by atoms with Gasteiger partial charge in [-0.2, -0.15) is 10.2 Å².